The first kappa shape index (κ1) is 18.7. The number of likely N-dealkylation sites (tertiary alicyclic amines) is 1. The van der Waals surface area contributed by atoms with Gasteiger partial charge in [-0.05, 0) is 48.6 Å². The first-order chi connectivity index (χ1) is 14.3. The molecule has 1 aromatic carbocycles. The van der Waals surface area contributed by atoms with E-state index in [1.165, 1.54) is 36.1 Å². The molecule has 3 aliphatic rings. The van der Waals surface area contributed by atoms with E-state index in [0.29, 0.717) is 23.7 Å². The maximum Gasteiger partial charge on any atom is 0.225 e. The minimum Gasteiger partial charge on any atom is -0.370 e. The van der Waals surface area contributed by atoms with E-state index in [9.17, 15) is 4.79 Å². The average Bonchev–Trinajstić information content (AvgIpc) is 3.24. The lowest BCUT2D eigenvalue weighted by Gasteiger charge is -2.41. The van der Waals surface area contributed by atoms with Gasteiger partial charge in [0.15, 0.2) is 0 Å². The van der Waals surface area contributed by atoms with Gasteiger partial charge in [-0.3, -0.25) is 9.78 Å². The quantitative estimate of drug-likeness (QED) is 0.768. The number of anilines is 1. The fourth-order valence-electron chi connectivity index (χ4n) is 5.32. The van der Waals surface area contributed by atoms with Crippen LogP contribution < -0.4 is 4.90 Å². The summed E-state index contributed by atoms with van der Waals surface area (Å²) >= 11 is 0. The number of pyridine rings is 1. The summed E-state index contributed by atoms with van der Waals surface area (Å²) in [7, 11) is 0. The number of aromatic nitrogens is 1. The summed E-state index contributed by atoms with van der Waals surface area (Å²) in [5, 5.41) is 0. The van der Waals surface area contributed by atoms with Crippen LogP contribution in [0.1, 0.15) is 61.5 Å². The van der Waals surface area contributed by atoms with E-state index in [4.69, 9.17) is 0 Å². The van der Waals surface area contributed by atoms with Gasteiger partial charge in [-0.25, -0.2) is 0 Å². The summed E-state index contributed by atoms with van der Waals surface area (Å²) in [6, 6.07) is 13.3. The first-order valence-electron chi connectivity index (χ1n) is 11.3. The molecule has 2 aliphatic heterocycles. The summed E-state index contributed by atoms with van der Waals surface area (Å²) in [6.07, 6.45) is 10.9. The molecular weight excluding hydrogens is 358 g/mol. The van der Waals surface area contributed by atoms with E-state index in [1.54, 1.807) is 0 Å². The molecule has 29 heavy (non-hydrogen) atoms. The lowest BCUT2D eigenvalue weighted by atomic mass is 9.88. The standard InChI is InChI=1S/C25H31N3O/c29-25(20-5-2-1-3-6-20)27-14-12-22(16-27)19-8-10-24(11-9-19)28-17-23(18-28)21-7-4-13-26-15-21/h4,7-11,13,15,20,22-23H,1-3,5-6,12,14,16-18H2. The average molecular weight is 390 g/mol. The van der Waals surface area contributed by atoms with Gasteiger partial charge in [-0.1, -0.05) is 37.5 Å². The number of rotatable bonds is 4. The van der Waals surface area contributed by atoms with E-state index in [0.717, 1.165) is 45.4 Å². The van der Waals surface area contributed by atoms with Gasteiger partial charge in [0.25, 0.3) is 0 Å². The molecule has 1 aliphatic carbocycles. The molecule has 3 heterocycles. The van der Waals surface area contributed by atoms with Crippen molar-refractivity contribution >= 4 is 11.6 Å². The Morgan fingerprint density at radius 2 is 1.66 bits per heavy atom. The van der Waals surface area contributed by atoms with Gasteiger partial charge >= 0.3 is 0 Å². The SMILES string of the molecule is O=C(C1CCCCC1)N1CCC(c2ccc(N3CC(c4cccnc4)C3)cc2)C1. The predicted molar refractivity (Wildman–Crippen MR) is 116 cm³/mol. The van der Waals surface area contributed by atoms with E-state index < -0.39 is 0 Å². The number of amides is 1. The Balaban J connectivity index is 1.16. The molecule has 1 saturated carbocycles. The number of benzene rings is 1. The van der Waals surface area contributed by atoms with Gasteiger partial charge in [0.05, 0.1) is 0 Å². The van der Waals surface area contributed by atoms with Crippen LogP contribution in [0.5, 0.6) is 0 Å². The third-order valence-electron chi connectivity index (χ3n) is 7.22. The molecule has 1 amide bonds. The fourth-order valence-corrected chi connectivity index (χ4v) is 5.32. The van der Waals surface area contributed by atoms with Crippen LogP contribution in [0.4, 0.5) is 5.69 Å². The van der Waals surface area contributed by atoms with Crippen LogP contribution in [-0.2, 0) is 4.79 Å². The van der Waals surface area contributed by atoms with Crippen LogP contribution in [0.2, 0.25) is 0 Å². The zero-order valence-electron chi connectivity index (χ0n) is 17.2. The highest BCUT2D eigenvalue weighted by atomic mass is 16.2. The topological polar surface area (TPSA) is 36.4 Å². The van der Waals surface area contributed by atoms with Crippen molar-refractivity contribution in [1.82, 2.24) is 9.88 Å². The summed E-state index contributed by atoms with van der Waals surface area (Å²) in [4.78, 5) is 21.7. The lowest BCUT2D eigenvalue weighted by Crippen LogP contribution is -2.45. The number of carbonyl (C=O) groups excluding carboxylic acids is 1. The van der Waals surface area contributed by atoms with Crippen molar-refractivity contribution in [2.24, 2.45) is 5.92 Å². The molecule has 1 aromatic heterocycles. The van der Waals surface area contributed by atoms with Crippen LogP contribution >= 0.6 is 0 Å². The van der Waals surface area contributed by atoms with Gasteiger partial charge in [-0.2, -0.15) is 0 Å². The normalized spacial score (nSPS) is 23.2. The lowest BCUT2D eigenvalue weighted by molar-refractivity contribution is -0.135. The molecule has 152 valence electrons. The van der Waals surface area contributed by atoms with Gasteiger partial charge in [-0.15, -0.1) is 0 Å². The first-order valence-corrected chi connectivity index (χ1v) is 11.3. The molecule has 0 spiro atoms. The number of carbonyl (C=O) groups is 1. The third-order valence-corrected chi connectivity index (χ3v) is 7.22. The Hall–Kier alpha value is -2.36. The van der Waals surface area contributed by atoms with Crippen molar-refractivity contribution in [3.05, 3.63) is 59.9 Å². The van der Waals surface area contributed by atoms with E-state index in [1.807, 2.05) is 18.5 Å². The molecule has 4 nitrogen and oxygen atoms in total. The molecule has 4 heteroatoms. The highest BCUT2D eigenvalue weighted by Crippen LogP contribution is 2.34. The summed E-state index contributed by atoms with van der Waals surface area (Å²) in [6.45, 7) is 3.97. The van der Waals surface area contributed by atoms with Crippen molar-refractivity contribution < 1.29 is 4.79 Å². The second-order valence-corrected chi connectivity index (χ2v) is 9.08. The highest BCUT2D eigenvalue weighted by Gasteiger charge is 2.32. The molecule has 1 unspecified atom stereocenters. The Morgan fingerprint density at radius 3 is 2.38 bits per heavy atom. The number of nitrogens with zero attached hydrogens (tertiary/aromatic N) is 3. The van der Waals surface area contributed by atoms with E-state index in [-0.39, 0.29) is 0 Å². The van der Waals surface area contributed by atoms with Crippen LogP contribution in [0.15, 0.2) is 48.8 Å². The minimum absolute atomic E-state index is 0.295. The van der Waals surface area contributed by atoms with Crippen molar-refractivity contribution in [2.75, 3.05) is 31.1 Å². The predicted octanol–water partition coefficient (Wildman–Crippen LogP) is 4.58. The van der Waals surface area contributed by atoms with Gasteiger partial charge in [0.1, 0.15) is 0 Å². The summed E-state index contributed by atoms with van der Waals surface area (Å²) in [5.74, 6) is 1.81. The van der Waals surface area contributed by atoms with Crippen molar-refractivity contribution in [3.8, 4) is 0 Å². The third kappa shape index (κ3) is 3.90. The molecule has 0 radical (unpaired) electrons. The molecular formula is C25H31N3O. The number of hydrogen-bond donors (Lipinski definition) is 0. The Kier molecular flexibility index (Phi) is 5.26. The van der Waals surface area contributed by atoms with Gasteiger partial charge in [0.2, 0.25) is 5.91 Å². The molecule has 1 atom stereocenters. The van der Waals surface area contributed by atoms with Crippen LogP contribution in [0, 0.1) is 5.92 Å². The Morgan fingerprint density at radius 1 is 0.862 bits per heavy atom. The molecule has 0 bridgehead atoms. The molecule has 0 N–H and O–H groups in total. The maximum absolute atomic E-state index is 12.8. The maximum atomic E-state index is 12.8. The monoisotopic (exact) mass is 389 g/mol. The second-order valence-electron chi connectivity index (χ2n) is 9.08. The van der Waals surface area contributed by atoms with Crippen LogP contribution in [0.3, 0.4) is 0 Å². The molecule has 2 saturated heterocycles. The highest BCUT2D eigenvalue weighted by molar-refractivity contribution is 5.79. The summed E-state index contributed by atoms with van der Waals surface area (Å²) in [5.41, 5.74) is 4.04. The molecule has 5 rings (SSSR count). The Labute approximate surface area is 173 Å². The minimum atomic E-state index is 0.295. The zero-order valence-corrected chi connectivity index (χ0v) is 17.2. The van der Waals surface area contributed by atoms with Crippen molar-refractivity contribution in [2.45, 2.75) is 50.4 Å². The van der Waals surface area contributed by atoms with Gasteiger partial charge < -0.3 is 9.80 Å². The number of hydrogen-bond acceptors (Lipinski definition) is 3. The van der Waals surface area contributed by atoms with Gasteiger partial charge in [0, 0.05) is 62.0 Å². The van der Waals surface area contributed by atoms with Crippen molar-refractivity contribution in [3.63, 3.8) is 0 Å². The van der Waals surface area contributed by atoms with Crippen LogP contribution in [-0.4, -0.2) is 42.0 Å². The van der Waals surface area contributed by atoms with E-state index >= 15 is 0 Å². The zero-order chi connectivity index (χ0) is 19.6. The van der Waals surface area contributed by atoms with Crippen LogP contribution in [0.25, 0.3) is 0 Å². The largest absolute Gasteiger partial charge is 0.370 e. The summed E-state index contributed by atoms with van der Waals surface area (Å²) < 4.78 is 0. The smallest absolute Gasteiger partial charge is 0.225 e. The molecule has 3 fully saturated rings. The second kappa shape index (κ2) is 8.17. The Bertz CT molecular complexity index is 823. The molecule has 2 aromatic rings. The fraction of sp³-hybridized carbons (Fsp3) is 0.520. The van der Waals surface area contributed by atoms with E-state index in [2.05, 4.69) is 45.1 Å². The van der Waals surface area contributed by atoms with Crippen molar-refractivity contribution in [1.29, 1.82) is 0 Å².